The molecule has 0 radical (unpaired) electrons. The Kier molecular flexibility index (Phi) is 5.07. The van der Waals surface area contributed by atoms with Crippen LogP contribution in [-0.4, -0.2) is 53.3 Å². The number of sulfone groups is 1. The number of halogens is 1. The molecule has 2 rings (SSSR count). The summed E-state index contributed by atoms with van der Waals surface area (Å²) >= 11 is 6.05. The Hall–Kier alpha value is -1.21. The van der Waals surface area contributed by atoms with Crippen molar-refractivity contribution in [1.82, 2.24) is 14.9 Å². The van der Waals surface area contributed by atoms with Crippen molar-refractivity contribution in [3.8, 4) is 0 Å². The lowest BCUT2D eigenvalue weighted by atomic mass is 10.2. The molecule has 2 heterocycles. The van der Waals surface area contributed by atoms with E-state index in [1.165, 1.54) is 11.1 Å². The molecule has 1 fully saturated rings. The lowest BCUT2D eigenvalue weighted by molar-refractivity contribution is 0.0760. The molecule has 22 heavy (non-hydrogen) atoms. The fourth-order valence-electron chi connectivity index (χ4n) is 2.23. The normalized spacial score (nSPS) is 21.7. The highest BCUT2D eigenvalue weighted by Gasteiger charge is 2.30. The molecule has 122 valence electrons. The standard InChI is InChI=1S/C14H20ClN3O3S/c1-9(2)13-16-8-11(15)12(17-13)14(19)18-5-4-10(3)22(20,21)7-6-18/h8-10H,4-7H2,1-3H3/t10-/m0/s1. The van der Waals surface area contributed by atoms with E-state index in [0.29, 0.717) is 18.8 Å². The van der Waals surface area contributed by atoms with Crippen molar-refractivity contribution in [3.05, 3.63) is 22.7 Å². The molecule has 0 spiro atoms. The second-order valence-corrected chi connectivity index (χ2v) is 8.78. The van der Waals surface area contributed by atoms with E-state index in [4.69, 9.17) is 11.6 Å². The Balaban J connectivity index is 2.27. The van der Waals surface area contributed by atoms with Crippen LogP contribution in [0.15, 0.2) is 6.20 Å². The van der Waals surface area contributed by atoms with Gasteiger partial charge in [-0.3, -0.25) is 4.79 Å². The summed E-state index contributed by atoms with van der Waals surface area (Å²) in [7, 11) is -3.14. The first kappa shape index (κ1) is 17.1. The molecular weight excluding hydrogens is 326 g/mol. The number of carbonyl (C=O) groups excluding carboxylic acids is 1. The maximum absolute atomic E-state index is 12.6. The minimum absolute atomic E-state index is 0.0281. The highest BCUT2D eigenvalue weighted by molar-refractivity contribution is 7.92. The van der Waals surface area contributed by atoms with Crippen LogP contribution in [0.25, 0.3) is 0 Å². The number of nitrogens with zero attached hydrogens (tertiary/aromatic N) is 3. The fourth-order valence-corrected chi connectivity index (χ4v) is 3.74. The number of amides is 1. The van der Waals surface area contributed by atoms with Gasteiger partial charge in [-0.25, -0.2) is 18.4 Å². The number of aromatic nitrogens is 2. The third kappa shape index (κ3) is 3.57. The monoisotopic (exact) mass is 345 g/mol. The summed E-state index contributed by atoms with van der Waals surface area (Å²) in [6.45, 7) is 6.09. The van der Waals surface area contributed by atoms with Crippen molar-refractivity contribution in [2.45, 2.75) is 38.4 Å². The molecule has 1 aliphatic rings. The van der Waals surface area contributed by atoms with Crippen molar-refractivity contribution < 1.29 is 13.2 Å². The van der Waals surface area contributed by atoms with Gasteiger partial charge in [-0.15, -0.1) is 0 Å². The van der Waals surface area contributed by atoms with Crippen LogP contribution in [0.4, 0.5) is 0 Å². The summed E-state index contributed by atoms with van der Waals surface area (Å²) in [6, 6.07) is 0. The highest BCUT2D eigenvalue weighted by Crippen LogP contribution is 2.20. The van der Waals surface area contributed by atoms with Crippen LogP contribution >= 0.6 is 11.6 Å². The van der Waals surface area contributed by atoms with Gasteiger partial charge in [-0.1, -0.05) is 25.4 Å². The summed E-state index contributed by atoms with van der Waals surface area (Å²) < 4.78 is 23.9. The Morgan fingerprint density at radius 2 is 2.09 bits per heavy atom. The molecule has 1 saturated heterocycles. The molecule has 0 bridgehead atoms. The van der Waals surface area contributed by atoms with Gasteiger partial charge in [0, 0.05) is 19.0 Å². The van der Waals surface area contributed by atoms with Gasteiger partial charge in [0.15, 0.2) is 15.5 Å². The van der Waals surface area contributed by atoms with Crippen molar-refractivity contribution in [3.63, 3.8) is 0 Å². The van der Waals surface area contributed by atoms with Gasteiger partial charge < -0.3 is 4.90 Å². The smallest absolute Gasteiger partial charge is 0.274 e. The molecule has 0 unspecified atom stereocenters. The van der Waals surface area contributed by atoms with Crippen molar-refractivity contribution >= 4 is 27.3 Å². The minimum Gasteiger partial charge on any atom is -0.336 e. The molecule has 1 amide bonds. The third-order valence-corrected chi connectivity index (χ3v) is 6.32. The zero-order valence-electron chi connectivity index (χ0n) is 12.9. The molecule has 8 heteroatoms. The number of hydrogen-bond donors (Lipinski definition) is 0. The van der Waals surface area contributed by atoms with E-state index in [0.717, 1.165) is 0 Å². The van der Waals surface area contributed by atoms with Gasteiger partial charge in [-0.2, -0.15) is 0 Å². The summed E-state index contributed by atoms with van der Waals surface area (Å²) in [6.07, 6.45) is 1.85. The van der Waals surface area contributed by atoms with E-state index in [2.05, 4.69) is 9.97 Å². The molecule has 0 aliphatic carbocycles. The third-order valence-electron chi connectivity index (χ3n) is 3.83. The van der Waals surface area contributed by atoms with E-state index in [1.54, 1.807) is 6.92 Å². The number of hydrogen-bond acceptors (Lipinski definition) is 5. The summed E-state index contributed by atoms with van der Waals surface area (Å²) in [4.78, 5) is 22.5. The van der Waals surface area contributed by atoms with E-state index >= 15 is 0 Å². The summed E-state index contributed by atoms with van der Waals surface area (Å²) in [5, 5.41) is -0.244. The average molecular weight is 346 g/mol. The van der Waals surface area contributed by atoms with E-state index in [1.807, 2.05) is 13.8 Å². The van der Waals surface area contributed by atoms with Gasteiger partial charge >= 0.3 is 0 Å². The van der Waals surface area contributed by atoms with Crippen LogP contribution < -0.4 is 0 Å². The predicted molar refractivity (Wildman–Crippen MR) is 84.9 cm³/mol. The molecule has 1 aromatic heterocycles. The Labute approximate surface area is 135 Å². The van der Waals surface area contributed by atoms with Crippen LogP contribution in [-0.2, 0) is 9.84 Å². The molecule has 1 aromatic rings. The van der Waals surface area contributed by atoms with E-state index in [-0.39, 0.29) is 34.8 Å². The molecule has 1 aliphatic heterocycles. The maximum Gasteiger partial charge on any atom is 0.274 e. The van der Waals surface area contributed by atoms with Gasteiger partial charge in [0.05, 0.1) is 22.2 Å². The van der Waals surface area contributed by atoms with Crippen molar-refractivity contribution in [1.29, 1.82) is 0 Å². The van der Waals surface area contributed by atoms with Crippen LogP contribution in [0.2, 0.25) is 5.02 Å². The first-order chi connectivity index (χ1) is 10.2. The fraction of sp³-hybridized carbons (Fsp3) is 0.643. The Morgan fingerprint density at radius 3 is 2.73 bits per heavy atom. The average Bonchev–Trinajstić information content (AvgIpc) is 2.58. The zero-order chi connectivity index (χ0) is 16.5. The van der Waals surface area contributed by atoms with Crippen LogP contribution in [0, 0.1) is 0 Å². The Bertz CT molecular complexity index is 676. The van der Waals surface area contributed by atoms with Gasteiger partial charge in [0.2, 0.25) is 0 Å². The second kappa shape index (κ2) is 6.50. The van der Waals surface area contributed by atoms with Crippen molar-refractivity contribution in [2.24, 2.45) is 0 Å². The lowest BCUT2D eigenvalue weighted by Crippen LogP contribution is -2.34. The Morgan fingerprint density at radius 1 is 1.41 bits per heavy atom. The van der Waals surface area contributed by atoms with Gasteiger partial charge in [0.1, 0.15) is 5.82 Å². The molecule has 0 aromatic carbocycles. The highest BCUT2D eigenvalue weighted by atomic mass is 35.5. The first-order valence-corrected chi connectivity index (χ1v) is 9.35. The van der Waals surface area contributed by atoms with E-state index < -0.39 is 15.1 Å². The second-order valence-electron chi connectivity index (χ2n) is 5.84. The van der Waals surface area contributed by atoms with Crippen LogP contribution in [0.3, 0.4) is 0 Å². The lowest BCUT2D eigenvalue weighted by Gasteiger charge is -2.20. The first-order valence-electron chi connectivity index (χ1n) is 7.25. The van der Waals surface area contributed by atoms with Crippen LogP contribution in [0.1, 0.15) is 49.4 Å². The SMILES string of the molecule is CC(C)c1ncc(Cl)c(C(=O)N2CC[C@H](C)S(=O)(=O)CC2)n1. The number of carbonyl (C=O) groups is 1. The minimum atomic E-state index is -3.14. The maximum atomic E-state index is 12.6. The van der Waals surface area contributed by atoms with Gasteiger partial charge in [0.25, 0.3) is 5.91 Å². The topological polar surface area (TPSA) is 80.2 Å². The quantitative estimate of drug-likeness (QED) is 0.817. The molecular formula is C14H20ClN3O3S. The summed E-state index contributed by atoms with van der Waals surface area (Å²) in [5.41, 5.74) is 0.146. The molecule has 6 nitrogen and oxygen atoms in total. The largest absolute Gasteiger partial charge is 0.336 e. The van der Waals surface area contributed by atoms with E-state index in [9.17, 15) is 13.2 Å². The predicted octanol–water partition coefficient (Wildman–Crippen LogP) is 1.90. The zero-order valence-corrected chi connectivity index (χ0v) is 14.5. The van der Waals surface area contributed by atoms with Gasteiger partial charge in [-0.05, 0) is 13.3 Å². The molecule has 0 saturated carbocycles. The number of rotatable bonds is 2. The molecule has 1 atom stereocenters. The summed E-state index contributed by atoms with van der Waals surface area (Å²) in [5.74, 6) is 0.259. The van der Waals surface area contributed by atoms with Crippen molar-refractivity contribution in [2.75, 3.05) is 18.8 Å². The van der Waals surface area contributed by atoms with Crippen LogP contribution in [0.5, 0.6) is 0 Å². The molecule has 0 N–H and O–H groups in total.